The van der Waals surface area contributed by atoms with Gasteiger partial charge in [0.2, 0.25) is 0 Å². The summed E-state index contributed by atoms with van der Waals surface area (Å²) in [4.78, 5) is 0. The molecular formula is C6H10F4. The normalized spacial score (nSPS) is 18.6. The van der Waals surface area contributed by atoms with Crippen LogP contribution in [0.15, 0.2) is 0 Å². The van der Waals surface area contributed by atoms with Crippen molar-refractivity contribution in [3.8, 4) is 0 Å². The number of hydrogen-bond acceptors (Lipinski definition) is 0. The fourth-order valence-electron chi connectivity index (χ4n) is 0.371. The van der Waals surface area contributed by atoms with E-state index in [4.69, 9.17) is 0 Å². The fourth-order valence-corrected chi connectivity index (χ4v) is 0.371. The third-order valence-electron chi connectivity index (χ3n) is 1.76. The van der Waals surface area contributed by atoms with Gasteiger partial charge in [0.15, 0.2) is 0 Å². The molecule has 0 aliphatic carbocycles. The van der Waals surface area contributed by atoms with E-state index in [1.165, 1.54) is 6.92 Å². The van der Waals surface area contributed by atoms with Crippen molar-refractivity contribution in [1.29, 1.82) is 0 Å². The summed E-state index contributed by atoms with van der Waals surface area (Å²) in [7, 11) is 0. The summed E-state index contributed by atoms with van der Waals surface area (Å²) in [5, 5.41) is 0. The maximum absolute atomic E-state index is 11.9. The highest BCUT2D eigenvalue weighted by Crippen LogP contribution is 2.40. The van der Waals surface area contributed by atoms with Gasteiger partial charge in [-0.3, -0.25) is 4.39 Å². The van der Waals surface area contributed by atoms with Gasteiger partial charge in [0, 0.05) is 0 Å². The summed E-state index contributed by atoms with van der Waals surface area (Å²) >= 11 is 0. The van der Waals surface area contributed by atoms with Crippen LogP contribution in [0.2, 0.25) is 0 Å². The van der Waals surface area contributed by atoms with Gasteiger partial charge in [-0.25, -0.2) is 0 Å². The fraction of sp³-hybridized carbons (Fsp3) is 1.00. The van der Waals surface area contributed by atoms with Crippen molar-refractivity contribution in [3.63, 3.8) is 0 Å². The van der Waals surface area contributed by atoms with Crippen LogP contribution in [0.1, 0.15) is 20.3 Å². The zero-order valence-corrected chi connectivity index (χ0v) is 5.93. The molecule has 4 heteroatoms. The lowest BCUT2D eigenvalue weighted by Crippen LogP contribution is -2.36. The predicted molar refractivity (Wildman–Crippen MR) is 30.4 cm³/mol. The van der Waals surface area contributed by atoms with E-state index in [2.05, 4.69) is 0 Å². The molecule has 62 valence electrons. The number of rotatable bonds is 2. The highest BCUT2D eigenvalue weighted by Gasteiger charge is 2.49. The van der Waals surface area contributed by atoms with E-state index in [1.54, 1.807) is 0 Å². The van der Waals surface area contributed by atoms with Crippen molar-refractivity contribution in [1.82, 2.24) is 0 Å². The topological polar surface area (TPSA) is 0 Å². The van der Waals surface area contributed by atoms with Gasteiger partial charge >= 0.3 is 6.18 Å². The van der Waals surface area contributed by atoms with E-state index in [-0.39, 0.29) is 6.42 Å². The first-order valence-corrected chi connectivity index (χ1v) is 3.00. The van der Waals surface area contributed by atoms with E-state index in [0.29, 0.717) is 0 Å². The van der Waals surface area contributed by atoms with Crippen LogP contribution >= 0.6 is 0 Å². The zero-order chi connectivity index (χ0) is 8.41. The molecule has 0 saturated carbocycles. The summed E-state index contributed by atoms with van der Waals surface area (Å²) in [5.41, 5.74) is -2.15. The molecule has 0 fully saturated rings. The standard InChI is InChI=1S/C6H10F4/c1-3-5(2,4-7)6(8,9)10/h3-4H2,1-2H3. The molecule has 0 rings (SSSR count). The number of alkyl halides is 4. The van der Waals surface area contributed by atoms with Gasteiger partial charge in [-0.15, -0.1) is 0 Å². The number of hydrogen-bond donors (Lipinski definition) is 0. The zero-order valence-electron chi connectivity index (χ0n) is 5.93. The first-order chi connectivity index (χ1) is 4.37. The smallest absolute Gasteiger partial charge is 0.250 e. The van der Waals surface area contributed by atoms with E-state index in [9.17, 15) is 17.6 Å². The van der Waals surface area contributed by atoms with Gasteiger partial charge in [-0.05, 0) is 13.3 Å². The SMILES string of the molecule is CCC(C)(CF)C(F)(F)F. The maximum Gasteiger partial charge on any atom is 0.396 e. The van der Waals surface area contributed by atoms with Crippen LogP contribution in [0.25, 0.3) is 0 Å². The molecule has 0 saturated heterocycles. The Labute approximate surface area is 57.2 Å². The molecule has 0 aromatic rings. The molecule has 0 radical (unpaired) electrons. The molecule has 0 N–H and O–H groups in total. The van der Waals surface area contributed by atoms with Crippen molar-refractivity contribution < 1.29 is 17.6 Å². The Morgan fingerprint density at radius 2 is 1.60 bits per heavy atom. The Hall–Kier alpha value is -0.280. The first kappa shape index (κ1) is 9.72. The lowest BCUT2D eigenvalue weighted by atomic mass is 9.89. The lowest BCUT2D eigenvalue weighted by Gasteiger charge is -2.27. The molecule has 0 bridgehead atoms. The van der Waals surface area contributed by atoms with Crippen LogP contribution in [-0.2, 0) is 0 Å². The second kappa shape index (κ2) is 2.76. The Bertz CT molecular complexity index is 101. The van der Waals surface area contributed by atoms with Crippen LogP contribution in [0.4, 0.5) is 17.6 Å². The molecule has 0 amide bonds. The van der Waals surface area contributed by atoms with Crippen LogP contribution in [0.3, 0.4) is 0 Å². The number of halogens is 4. The third-order valence-corrected chi connectivity index (χ3v) is 1.76. The Morgan fingerprint density at radius 3 is 1.60 bits per heavy atom. The van der Waals surface area contributed by atoms with E-state index in [1.807, 2.05) is 0 Å². The van der Waals surface area contributed by atoms with Gasteiger partial charge in [0.05, 0.1) is 5.41 Å². The average Bonchev–Trinajstić information content (AvgIpc) is 1.84. The van der Waals surface area contributed by atoms with Crippen molar-refractivity contribution in [3.05, 3.63) is 0 Å². The quantitative estimate of drug-likeness (QED) is 0.542. The van der Waals surface area contributed by atoms with Gasteiger partial charge in [-0.2, -0.15) is 13.2 Å². The Balaban J connectivity index is 4.33. The molecule has 0 aliphatic rings. The minimum atomic E-state index is -4.42. The largest absolute Gasteiger partial charge is 0.396 e. The lowest BCUT2D eigenvalue weighted by molar-refractivity contribution is -0.223. The van der Waals surface area contributed by atoms with E-state index in [0.717, 1.165) is 6.92 Å². The second-order valence-corrected chi connectivity index (χ2v) is 2.55. The molecule has 0 aromatic carbocycles. The molecular weight excluding hydrogens is 148 g/mol. The molecule has 0 aliphatic heterocycles. The van der Waals surface area contributed by atoms with E-state index < -0.39 is 18.3 Å². The van der Waals surface area contributed by atoms with Crippen LogP contribution in [0, 0.1) is 5.41 Å². The Kier molecular flexibility index (Phi) is 2.68. The van der Waals surface area contributed by atoms with Gasteiger partial charge in [-0.1, -0.05) is 6.92 Å². The average molecular weight is 158 g/mol. The van der Waals surface area contributed by atoms with Crippen LogP contribution in [-0.4, -0.2) is 12.9 Å². The summed E-state index contributed by atoms with van der Waals surface area (Å²) in [6.45, 7) is 0.868. The minimum Gasteiger partial charge on any atom is -0.250 e. The molecule has 0 heterocycles. The van der Waals surface area contributed by atoms with Crippen LogP contribution in [0.5, 0.6) is 0 Å². The maximum atomic E-state index is 11.9. The predicted octanol–water partition coefficient (Wildman–Crippen LogP) is 2.93. The van der Waals surface area contributed by atoms with E-state index >= 15 is 0 Å². The molecule has 10 heavy (non-hydrogen) atoms. The van der Waals surface area contributed by atoms with Crippen molar-refractivity contribution in [2.45, 2.75) is 26.4 Å². The summed E-state index contributed by atoms with van der Waals surface area (Å²) in [6.07, 6.45) is -4.64. The summed E-state index contributed by atoms with van der Waals surface area (Å²) in [5.74, 6) is 0. The second-order valence-electron chi connectivity index (χ2n) is 2.55. The summed E-state index contributed by atoms with van der Waals surface area (Å²) in [6, 6.07) is 0. The summed E-state index contributed by atoms with van der Waals surface area (Å²) < 4.78 is 47.4. The highest BCUT2D eigenvalue weighted by atomic mass is 19.4. The highest BCUT2D eigenvalue weighted by molar-refractivity contribution is 4.79. The molecule has 0 spiro atoms. The monoisotopic (exact) mass is 158 g/mol. The molecule has 0 nitrogen and oxygen atoms in total. The van der Waals surface area contributed by atoms with Gasteiger partial charge in [0.25, 0.3) is 0 Å². The minimum absolute atomic E-state index is 0.215. The van der Waals surface area contributed by atoms with Gasteiger partial charge in [0.1, 0.15) is 6.67 Å². The molecule has 1 atom stereocenters. The van der Waals surface area contributed by atoms with Crippen molar-refractivity contribution in [2.75, 3.05) is 6.67 Å². The van der Waals surface area contributed by atoms with Crippen molar-refractivity contribution >= 4 is 0 Å². The molecule has 0 aromatic heterocycles. The van der Waals surface area contributed by atoms with Gasteiger partial charge < -0.3 is 0 Å². The molecule has 1 unspecified atom stereocenters. The van der Waals surface area contributed by atoms with Crippen molar-refractivity contribution in [2.24, 2.45) is 5.41 Å². The van der Waals surface area contributed by atoms with Crippen LogP contribution < -0.4 is 0 Å². The Morgan fingerprint density at radius 1 is 1.20 bits per heavy atom. The third kappa shape index (κ3) is 1.61. The first-order valence-electron chi connectivity index (χ1n) is 3.00.